The fraction of sp³-hybridized carbons (Fsp3) is 0.524. The molecule has 5 nitrogen and oxygen atoms in total. The second-order valence-electron chi connectivity index (χ2n) is 6.88. The molecule has 0 aliphatic carbocycles. The number of hydrogen-bond donors (Lipinski definition) is 1. The SMILES string of the molecule is CCC(CC)C(CNC(=O)c1cccc2cccnc12)N1CCOCC1. The third-order valence-electron chi connectivity index (χ3n) is 5.46. The molecular weight excluding hydrogens is 326 g/mol. The van der Waals surface area contributed by atoms with Gasteiger partial charge in [0, 0.05) is 37.3 Å². The molecule has 0 bridgehead atoms. The van der Waals surface area contributed by atoms with Crippen molar-refractivity contribution < 1.29 is 9.53 Å². The number of ether oxygens (including phenoxy) is 1. The van der Waals surface area contributed by atoms with Crippen molar-refractivity contribution in [3.63, 3.8) is 0 Å². The number of para-hydroxylation sites is 1. The van der Waals surface area contributed by atoms with Crippen LogP contribution < -0.4 is 5.32 Å². The second-order valence-corrected chi connectivity index (χ2v) is 6.88. The standard InChI is InChI=1S/C21H29N3O2/c1-3-16(4-2)19(24-11-13-26-14-12-24)15-23-21(25)18-9-5-7-17-8-6-10-22-20(17)18/h5-10,16,19H,3-4,11-15H2,1-2H3,(H,23,25). The van der Waals surface area contributed by atoms with E-state index in [0.29, 0.717) is 24.1 Å². The highest BCUT2D eigenvalue weighted by Gasteiger charge is 2.27. The van der Waals surface area contributed by atoms with Gasteiger partial charge in [-0.25, -0.2) is 0 Å². The average Bonchev–Trinajstić information content (AvgIpc) is 2.71. The molecule has 1 fully saturated rings. The van der Waals surface area contributed by atoms with E-state index < -0.39 is 0 Å². The second kappa shape index (κ2) is 9.10. The summed E-state index contributed by atoms with van der Waals surface area (Å²) < 4.78 is 5.50. The molecule has 3 rings (SSSR count). The van der Waals surface area contributed by atoms with Gasteiger partial charge in [-0.1, -0.05) is 44.9 Å². The molecule has 2 aromatic rings. The van der Waals surface area contributed by atoms with Gasteiger partial charge in [0.05, 0.1) is 24.3 Å². The Morgan fingerprint density at radius 1 is 1.19 bits per heavy atom. The maximum absolute atomic E-state index is 12.9. The molecule has 1 aromatic carbocycles. The molecule has 0 saturated carbocycles. The van der Waals surface area contributed by atoms with Crippen LogP contribution in [-0.2, 0) is 4.74 Å². The van der Waals surface area contributed by atoms with Crippen LogP contribution in [0.3, 0.4) is 0 Å². The number of morpholine rings is 1. The lowest BCUT2D eigenvalue weighted by atomic mass is 9.92. The smallest absolute Gasteiger partial charge is 0.253 e. The molecule has 1 aliphatic rings. The Hall–Kier alpha value is -1.98. The van der Waals surface area contributed by atoms with Crippen molar-refractivity contribution in [2.75, 3.05) is 32.8 Å². The van der Waals surface area contributed by atoms with Crippen molar-refractivity contribution in [3.8, 4) is 0 Å². The van der Waals surface area contributed by atoms with Crippen LogP contribution >= 0.6 is 0 Å². The number of aromatic nitrogens is 1. The van der Waals surface area contributed by atoms with E-state index in [4.69, 9.17) is 4.74 Å². The van der Waals surface area contributed by atoms with Crippen molar-refractivity contribution in [1.29, 1.82) is 0 Å². The minimum Gasteiger partial charge on any atom is -0.379 e. The Morgan fingerprint density at radius 3 is 2.65 bits per heavy atom. The van der Waals surface area contributed by atoms with E-state index in [-0.39, 0.29) is 5.91 Å². The van der Waals surface area contributed by atoms with E-state index in [1.807, 2.05) is 30.3 Å². The van der Waals surface area contributed by atoms with Crippen molar-refractivity contribution in [3.05, 3.63) is 42.1 Å². The zero-order chi connectivity index (χ0) is 18.4. The van der Waals surface area contributed by atoms with Crippen molar-refractivity contribution in [2.24, 2.45) is 5.92 Å². The number of pyridine rings is 1. The Bertz CT molecular complexity index is 719. The van der Waals surface area contributed by atoms with Gasteiger partial charge in [-0.3, -0.25) is 14.7 Å². The first-order valence-corrected chi connectivity index (χ1v) is 9.68. The highest BCUT2D eigenvalue weighted by Crippen LogP contribution is 2.20. The molecule has 1 atom stereocenters. The van der Waals surface area contributed by atoms with Gasteiger partial charge in [0.2, 0.25) is 0 Å². The van der Waals surface area contributed by atoms with Crippen LogP contribution in [0.2, 0.25) is 0 Å². The quantitative estimate of drug-likeness (QED) is 0.829. The lowest BCUT2D eigenvalue weighted by molar-refractivity contribution is 0.00192. The van der Waals surface area contributed by atoms with Crippen LogP contribution in [0.15, 0.2) is 36.5 Å². The highest BCUT2D eigenvalue weighted by atomic mass is 16.5. The first-order valence-electron chi connectivity index (χ1n) is 9.68. The molecule has 5 heteroatoms. The summed E-state index contributed by atoms with van der Waals surface area (Å²) >= 11 is 0. The molecule has 1 saturated heterocycles. The lowest BCUT2D eigenvalue weighted by Crippen LogP contribution is -2.52. The topological polar surface area (TPSA) is 54.5 Å². The number of carbonyl (C=O) groups is 1. The summed E-state index contributed by atoms with van der Waals surface area (Å²) in [4.78, 5) is 19.7. The van der Waals surface area contributed by atoms with Gasteiger partial charge in [-0.15, -0.1) is 0 Å². The Morgan fingerprint density at radius 2 is 1.92 bits per heavy atom. The van der Waals surface area contributed by atoms with Crippen LogP contribution in [0, 0.1) is 5.92 Å². The zero-order valence-electron chi connectivity index (χ0n) is 15.8. The van der Waals surface area contributed by atoms with Crippen LogP contribution in [0.5, 0.6) is 0 Å². The van der Waals surface area contributed by atoms with Crippen molar-refractivity contribution in [1.82, 2.24) is 15.2 Å². The largest absolute Gasteiger partial charge is 0.379 e. The van der Waals surface area contributed by atoms with Gasteiger partial charge in [0.25, 0.3) is 5.91 Å². The van der Waals surface area contributed by atoms with Crippen LogP contribution in [-0.4, -0.2) is 54.7 Å². The molecule has 26 heavy (non-hydrogen) atoms. The fourth-order valence-corrected chi connectivity index (χ4v) is 3.92. The molecule has 1 aromatic heterocycles. The number of benzene rings is 1. The number of amides is 1. The number of hydrogen-bond acceptors (Lipinski definition) is 4. The number of rotatable bonds is 7. The number of fused-ring (bicyclic) bond motifs is 1. The van der Waals surface area contributed by atoms with Crippen LogP contribution in [0.4, 0.5) is 0 Å². The van der Waals surface area contributed by atoms with E-state index in [0.717, 1.165) is 50.0 Å². The monoisotopic (exact) mass is 355 g/mol. The first-order chi connectivity index (χ1) is 12.7. The average molecular weight is 355 g/mol. The molecule has 1 aliphatic heterocycles. The summed E-state index contributed by atoms with van der Waals surface area (Å²) in [5.41, 5.74) is 1.41. The number of carbonyl (C=O) groups excluding carboxylic acids is 1. The normalized spacial score (nSPS) is 16.7. The maximum atomic E-state index is 12.9. The summed E-state index contributed by atoms with van der Waals surface area (Å²) in [5.74, 6) is 0.526. The van der Waals surface area contributed by atoms with Crippen LogP contribution in [0.1, 0.15) is 37.0 Å². The van der Waals surface area contributed by atoms with Gasteiger partial charge in [-0.05, 0) is 18.1 Å². The summed E-state index contributed by atoms with van der Waals surface area (Å²) in [6.45, 7) is 8.56. The predicted molar refractivity (Wildman–Crippen MR) is 104 cm³/mol. The van der Waals surface area contributed by atoms with Crippen molar-refractivity contribution in [2.45, 2.75) is 32.7 Å². The van der Waals surface area contributed by atoms with E-state index in [1.165, 1.54) is 0 Å². The molecule has 2 heterocycles. The fourth-order valence-electron chi connectivity index (χ4n) is 3.92. The Labute approximate surface area is 155 Å². The zero-order valence-corrected chi connectivity index (χ0v) is 15.8. The van der Waals surface area contributed by atoms with E-state index in [9.17, 15) is 4.79 Å². The van der Waals surface area contributed by atoms with E-state index in [1.54, 1.807) is 6.20 Å². The summed E-state index contributed by atoms with van der Waals surface area (Å²) in [6.07, 6.45) is 3.97. The minimum absolute atomic E-state index is 0.0430. The first kappa shape index (κ1) is 18.8. The summed E-state index contributed by atoms with van der Waals surface area (Å²) in [5, 5.41) is 4.17. The van der Waals surface area contributed by atoms with Gasteiger partial charge in [0.1, 0.15) is 0 Å². The van der Waals surface area contributed by atoms with Gasteiger partial charge < -0.3 is 10.1 Å². The summed E-state index contributed by atoms with van der Waals surface area (Å²) in [6, 6.07) is 9.98. The molecule has 0 radical (unpaired) electrons. The third kappa shape index (κ3) is 4.22. The van der Waals surface area contributed by atoms with Gasteiger partial charge in [0.15, 0.2) is 0 Å². The third-order valence-corrected chi connectivity index (χ3v) is 5.46. The molecule has 1 unspecified atom stereocenters. The van der Waals surface area contributed by atoms with E-state index >= 15 is 0 Å². The molecule has 1 amide bonds. The van der Waals surface area contributed by atoms with Gasteiger partial charge in [-0.2, -0.15) is 0 Å². The Balaban J connectivity index is 1.74. The molecule has 140 valence electrons. The lowest BCUT2D eigenvalue weighted by Gasteiger charge is -2.38. The predicted octanol–water partition coefficient (Wildman–Crippen LogP) is 3.10. The molecule has 0 spiro atoms. The summed E-state index contributed by atoms with van der Waals surface area (Å²) in [7, 11) is 0. The van der Waals surface area contributed by atoms with Gasteiger partial charge >= 0.3 is 0 Å². The van der Waals surface area contributed by atoms with E-state index in [2.05, 4.69) is 29.0 Å². The number of nitrogens with zero attached hydrogens (tertiary/aromatic N) is 2. The number of nitrogens with one attached hydrogen (secondary N) is 1. The van der Waals surface area contributed by atoms with Crippen LogP contribution in [0.25, 0.3) is 10.9 Å². The molecule has 1 N–H and O–H groups in total. The minimum atomic E-state index is -0.0430. The molecular formula is C21H29N3O2. The Kier molecular flexibility index (Phi) is 6.58. The maximum Gasteiger partial charge on any atom is 0.253 e. The highest BCUT2D eigenvalue weighted by molar-refractivity contribution is 6.05. The van der Waals surface area contributed by atoms with Crippen molar-refractivity contribution >= 4 is 16.8 Å².